The first-order valence-electron chi connectivity index (χ1n) is 5.33. The van der Waals surface area contributed by atoms with Crippen LogP contribution in [0.4, 0.5) is 24.5 Å². The first-order chi connectivity index (χ1) is 9.38. The SMILES string of the molecule is O=C(O)c1cc(F)c(Nc2cc(Br)ccc2F)c(F)c1. The molecule has 0 aromatic heterocycles. The Morgan fingerprint density at radius 2 is 1.65 bits per heavy atom. The van der Waals surface area contributed by atoms with Crippen molar-refractivity contribution in [3.63, 3.8) is 0 Å². The molecule has 0 aliphatic rings. The second kappa shape index (κ2) is 5.54. The lowest BCUT2D eigenvalue weighted by atomic mass is 10.1. The standard InChI is InChI=1S/C13H7BrF3NO2/c14-7-1-2-8(15)11(5-7)18-12-9(16)3-6(13(19)20)4-10(12)17/h1-5,18H,(H,19,20). The lowest BCUT2D eigenvalue weighted by Crippen LogP contribution is -2.04. The van der Waals surface area contributed by atoms with Crippen molar-refractivity contribution in [1.29, 1.82) is 0 Å². The fraction of sp³-hybridized carbons (Fsp3) is 0. The van der Waals surface area contributed by atoms with E-state index in [4.69, 9.17) is 5.11 Å². The first-order valence-corrected chi connectivity index (χ1v) is 6.12. The van der Waals surface area contributed by atoms with Crippen molar-refractivity contribution in [2.45, 2.75) is 0 Å². The largest absolute Gasteiger partial charge is 0.478 e. The maximum atomic E-state index is 13.7. The molecule has 7 heteroatoms. The molecule has 0 saturated heterocycles. The van der Waals surface area contributed by atoms with E-state index in [0.717, 1.165) is 6.07 Å². The topological polar surface area (TPSA) is 49.3 Å². The molecule has 0 heterocycles. The van der Waals surface area contributed by atoms with Crippen LogP contribution in [0.25, 0.3) is 0 Å². The van der Waals surface area contributed by atoms with Gasteiger partial charge >= 0.3 is 5.97 Å². The van der Waals surface area contributed by atoms with Gasteiger partial charge < -0.3 is 10.4 Å². The van der Waals surface area contributed by atoms with Crippen LogP contribution in [0, 0.1) is 17.5 Å². The summed E-state index contributed by atoms with van der Waals surface area (Å²) in [5.41, 5.74) is -1.28. The number of carboxylic acids is 1. The summed E-state index contributed by atoms with van der Waals surface area (Å²) in [6.45, 7) is 0. The van der Waals surface area contributed by atoms with Crippen LogP contribution in [0.15, 0.2) is 34.8 Å². The third-order valence-corrected chi connectivity index (χ3v) is 2.97. The normalized spacial score (nSPS) is 10.4. The molecule has 3 nitrogen and oxygen atoms in total. The van der Waals surface area contributed by atoms with E-state index in [9.17, 15) is 18.0 Å². The Bertz CT molecular complexity index is 668. The van der Waals surface area contributed by atoms with Gasteiger partial charge in [0.2, 0.25) is 0 Å². The van der Waals surface area contributed by atoms with Crippen LogP contribution in [0.5, 0.6) is 0 Å². The quantitative estimate of drug-likeness (QED) is 0.871. The van der Waals surface area contributed by atoms with Crippen molar-refractivity contribution >= 4 is 33.3 Å². The number of rotatable bonds is 3. The molecule has 0 amide bonds. The number of benzene rings is 2. The van der Waals surface area contributed by atoms with Gasteiger partial charge in [0.1, 0.15) is 11.5 Å². The fourth-order valence-corrected chi connectivity index (χ4v) is 1.91. The molecule has 0 fully saturated rings. The molecule has 2 N–H and O–H groups in total. The summed E-state index contributed by atoms with van der Waals surface area (Å²) in [6.07, 6.45) is 0. The Balaban J connectivity index is 2.44. The maximum absolute atomic E-state index is 13.7. The van der Waals surface area contributed by atoms with Crippen LogP contribution >= 0.6 is 15.9 Å². The molecule has 0 aliphatic heterocycles. The van der Waals surface area contributed by atoms with Crippen LogP contribution in [0.1, 0.15) is 10.4 Å². The summed E-state index contributed by atoms with van der Waals surface area (Å²) < 4.78 is 41.4. The van der Waals surface area contributed by atoms with E-state index in [1.54, 1.807) is 0 Å². The highest BCUT2D eigenvalue weighted by Gasteiger charge is 2.16. The smallest absolute Gasteiger partial charge is 0.335 e. The van der Waals surface area contributed by atoms with Crippen LogP contribution in [-0.2, 0) is 0 Å². The molecule has 20 heavy (non-hydrogen) atoms. The number of carbonyl (C=O) groups is 1. The van der Waals surface area contributed by atoms with Gasteiger partial charge in [-0.05, 0) is 30.3 Å². The zero-order valence-electron chi connectivity index (χ0n) is 9.75. The van der Waals surface area contributed by atoms with Crippen LogP contribution in [-0.4, -0.2) is 11.1 Å². The minimum atomic E-state index is -1.46. The highest BCUT2D eigenvalue weighted by atomic mass is 79.9. The van der Waals surface area contributed by atoms with Crippen LogP contribution in [0.3, 0.4) is 0 Å². The molecule has 2 aromatic carbocycles. The number of nitrogens with one attached hydrogen (secondary N) is 1. The lowest BCUT2D eigenvalue weighted by Gasteiger charge is -2.11. The summed E-state index contributed by atoms with van der Waals surface area (Å²) in [5, 5.41) is 10.9. The van der Waals surface area contributed by atoms with E-state index in [1.165, 1.54) is 12.1 Å². The van der Waals surface area contributed by atoms with Gasteiger partial charge in [0.25, 0.3) is 0 Å². The monoisotopic (exact) mass is 345 g/mol. The van der Waals surface area contributed by atoms with Gasteiger partial charge in [-0.1, -0.05) is 15.9 Å². The van der Waals surface area contributed by atoms with Gasteiger partial charge in [0.05, 0.1) is 11.3 Å². The van der Waals surface area contributed by atoms with Crippen molar-refractivity contribution in [2.24, 2.45) is 0 Å². The molecule has 2 aromatic rings. The Hall–Kier alpha value is -2.02. The van der Waals surface area contributed by atoms with Gasteiger partial charge in [-0.3, -0.25) is 0 Å². The van der Waals surface area contributed by atoms with E-state index in [1.807, 2.05) is 0 Å². The maximum Gasteiger partial charge on any atom is 0.335 e. The molecule has 0 aliphatic carbocycles. The lowest BCUT2D eigenvalue weighted by molar-refractivity contribution is 0.0696. The predicted molar refractivity (Wildman–Crippen MR) is 70.7 cm³/mol. The molecular weight excluding hydrogens is 339 g/mol. The van der Waals surface area contributed by atoms with E-state index < -0.39 is 34.7 Å². The Kier molecular flexibility index (Phi) is 3.99. The number of carboxylic acid groups (broad SMARTS) is 1. The third kappa shape index (κ3) is 2.93. The molecule has 2 rings (SSSR count). The number of hydrogen-bond donors (Lipinski definition) is 2. The Morgan fingerprint density at radius 1 is 1.05 bits per heavy atom. The summed E-state index contributed by atoms with van der Waals surface area (Å²) in [7, 11) is 0. The number of aromatic carboxylic acids is 1. The molecular formula is C13H7BrF3NO2. The molecule has 0 atom stereocenters. The van der Waals surface area contributed by atoms with Crippen LogP contribution in [0.2, 0.25) is 0 Å². The van der Waals surface area contributed by atoms with Crippen molar-refractivity contribution in [2.75, 3.05) is 5.32 Å². The van der Waals surface area contributed by atoms with Gasteiger partial charge in [-0.25, -0.2) is 18.0 Å². The first kappa shape index (κ1) is 14.4. The van der Waals surface area contributed by atoms with Gasteiger partial charge in [0, 0.05) is 4.47 Å². The number of halogens is 4. The third-order valence-electron chi connectivity index (χ3n) is 2.48. The molecule has 0 unspecified atom stereocenters. The van der Waals surface area contributed by atoms with Gasteiger partial charge in [0.15, 0.2) is 11.6 Å². The minimum absolute atomic E-state index is 0.139. The van der Waals surface area contributed by atoms with Gasteiger partial charge in [-0.15, -0.1) is 0 Å². The van der Waals surface area contributed by atoms with E-state index in [0.29, 0.717) is 16.6 Å². The van der Waals surface area contributed by atoms with E-state index in [2.05, 4.69) is 21.2 Å². The summed E-state index contributed by atoms with van der Waals surface area (Å²) in [4.78, 5) is 10.7. The van der Waals surface area contributed by atoms with Gasteiger partial charge in [-0.2, -0.15) is 0 Å². The average molecular weight is 346 g/mol. The molecule has 0 bridgehead atoms. The molecule has 0 saturated carbocycles. The van der Waals surface area contributed by atoms with E-state index >= 15 is 0 Å². The zero-order chi connectivity index (χ0) is 14.9. The summed E-state index contributed by atoms with van der Waals surface area (Å²) in [5.74, 6) is -4.40. The second-order valence-corrected chi connectivity index (χ2v) is 4.78. The number of anilines is 2. The summed E-state index contributed by atoms with van der Waals surface area (Å²) in [6, 6.07) is 5.17. The average Bonchev–Trinajstić information content (AvgIpc) is 2.37. The van der Waals surface area contributed by atoms with E-state index in [-0.39, 0.29) is 5.69 Å². The second-order valence-electron chi connectivity index (χ2n) is 3.87. The van der Waals surface area contributed by atoms with Crippen LogP contribution < -0.4 is 5.32 Å². The highest BCUT2D eigenvalue weighted by molar-refractivity contribution is 9.10. The van der Waals surface area contributed by atoms with Crippen molar-refractivity contribution in [3.8, 4) is 0 Å². The summed E-state index contributed by atoms with van der Waals surface area (Å²) >= 11 is 3.11. The minimum Gasteiger partial charge on any atom is -0.478 e. The van der Waals surface area contributed by atoms with Crippen molar-refractivity contribution in [3.05, 3.63) is 57.8 Å². The Morgan fingerprint density at radius 3 is 2.20 bits per heavy atom. The fourth-order valence-electron chi connectivity index (χ4n) is 1.54. The van der Waals surface area contributed by atoms with Crippen molar-refractivity contribution in [1.82, 2.24) is 0 Å². The molecule has 0 radical (unpaired) electrons. The number of hydrogen-bond acceptors (Lipinski definition) is 2. The molecule has 104 valence electrons. The predicted octanol–water partition coefficient (Wildman–Crippen LogP) is 4.31. The highest BCUT2D eigenvalue weighted by Crippen LogP contribution is 2.28. The zero-order valence-corrected chi connectivity index (χ0v) is 11.3. The molecule has 0 spiro atoms. The van der Waals surface area contributed by atoms with Crippen molar-refractivity contribution < 1.29 is 23.1 Å². The Labute approximate surface area is 120 Å².